The van der Waals surface area contributed by atoms with Crippen LogP contribution in [-0.4, -0.2) is 40.7 Å². The van der Waals surface area contributed by atoms with Crippen molar-refractivity contribution >= 4 is 29.0 Å². The second kappa shape index (κ2) is 11.3. The topological polar surface area (TPSA) is 138 Å². The molecule has 4 rings (SSSR count). The Morgan fingerprint density at radius 1 is 0.919 bits per heavy atom. The largest absolute Gasteiger partial charge is 0.535 e. The summed E-state index contributed by atoms with van der Waals surface area (Å²) in [7, 11) is 0. The molecule has 0 atom stereocenters. The van der Waals surface area contributed by atoms with Gasteiger partial charge in [-0.3, -0.25) is 9.40 Å². The molecule has 0 aliphatic heterocycles. The summed E-state index contributed by atoms with van der Waals surface area (Å²) < 4.78 is 11.4. The van der Waals surface area contributed by atoms with E-state index in [-0.39, 0.29) is 31.3 Å². The second-order valence-corrected chi connectivity index (χ2v) is 7.93. The van der Waals surface area contributed by atoms with E-state index in [4.69, 9.17) is 15.2 Å². The Hall–Kier alpha value is -4.86. The number of amidine groups is 1. The van der Waals surface area contributed by atoms with Crippen molar-refractivity contribution in [3.8, 4) is 11.1 Å². The minimum absolute atomic E-state index is 0.0181. The highest BCUT2D eigenvalue weighted by atomic mass is 16.8. The first kappa shape index (κ1) is 25.2. The molecule has 10 heteroatoms. The maximum Gasteiger partial charge on any atom is 0.535 e. The van der Waals surface area contributed by atoms with Gasteiger partial charge in [-0.1, -0.05) is 59.8 Å². The second-order valence-electron chi connectivity index (χ2n) is 7.93. The molecule has 0 bridgehead atoms. The fourth-order valence-electron chi connectivity index (χ4n) is 3.95. The molecule has 190 valence electrons. The number of ether oxygens (including phenoxy) is 2. The van der Waals surface area contributed by atoms with Crippen LogP contribution in [0, 0.1) is 0 Å². The van der Waals surface area contributed by atoms with E-state index in [2.05, 4.69) is 15.0 Å². The molecule has 3 aromatic carbocycles. The van der Waals surface area contributed by atoms with Gasteiger partial charge in [0, 0.05) is 5.56 Å². The van der Waals surface area contributed by atoms with Crippen LogP contribution >= 0.6 is 0 Å². The number of hydrogen-bond donors (Lipinski definition) is 2. The number of aromatic amines is 1. The fraction of sp³-hybridized carbons (Fsp3) is 0.185. The van der Waals surface area contributed by atoms with E-state index in [0.717, 1.165) is 16.7 Å². The number of fused-ring (bicyclic) bond motifs is 1. The number of benzene rings is 3. The monoisotopic (exact) mass is 502 g/mol. The van der Waals surface area contributed by atoms with Crippen molar-refractivity contribution < 1.29 is 23.9 Å². The standard InChI is InChI=1S/C27H26N4O6/c1-3-35-25(32)21-10-7-11-22-23(21)31(26(33)29-22)16-17-12-14-18(15-13-17)19-8-5-6-9-20(19)24(28)30-37-27(34)36-4-2/h5-15H,3-4,16H2,1-2H3,(H2,28,30)(H,29,33). The van der Waals surface area contributed by atoms with Gasteiger partial charge in [0.1, 0.15) is 0 Å². The smallest absolute Gasteiger partial charge is 0.462 e. The Kier molecular flexibility index (Phi) is 7.68. The third-order valence-electron chi connectivity index (χ3n) is 5.58. The summed E-state index contributed by atoms with van der Waals surface area (Å²) in [5.41, 5.74) is 10.1. The van der Waals surface area contributed by atoms with E-state index >= 15 is 0 Å². The van der Waals surface area contributed by atoms with Gasteiger partial charge in [-0.05, 0) is 42.7 Å². The zero-order valence-electron chi connectivity index (χ0n) is 20.4. The van der Waals surface area contributed by atoms with Crippen LogP contribution in [0.2, 0.25) is 0 Å². The number of nitrogens with one attached hydrogen (secondary N) is 1. The molecule has 1 aromatic heterocycles. The molecule has 1 heterocycles. The van der Waals surface area contributed by atoms with Crippen molar-refractivity contribution in [2.45, 2.75) is 20.4 Å². The molecule has 37 heavy (non-hydrogen) atoms. The highest BCUT2D eigenvalue weighted by molar-refractivity contribution is 6.03. The number of para-hydroxylation sites is 1. The van der Waals surface area contributed by atoms with Crippen molar-refractivity contribution in [1.29, 1.82) is 0 Å². The van der Waals surface area contributed by atoms with Crippen molar-refractivity contribution in [3.63, 3.8) is 0 Å². The Balaban J connectivity index is 1.63. The van der Waals surface area contributed by atoms with Gasteiger partial charge >= 0.3 is 17.8 Å². The average Bonchev–Trinajstić information content (AvgIpc) is 3.22. The van der Waals surface area contributed by atoms with Crippen LogP contribution < -0.4 is 11.4 Å². The SMILES string of the molecule is CCOC(=O)O/N=C(/N)c1ccccc1-c1ccc(Cn2c(=O)[nH]c3cccc(C(=O)OCC)c32)cc1. The van der Waals surface area contributed by atoms with E-state index in [9.17, 15) is 14.4 Å². The molecule has 0 saturated heterocycles. The predicted octanol–water partition coefficient (Wildman–Crippen LogP) is 4.02. The molecule has 0 aliphatic carbocycles. The first-order valence-corrected chi connectivity index (χ1v) is 11.7. The number of rotatable bonds is 8. The number of oxime groups is 1. The molecular formula is C27H26N4O6. The van der Waals surface area contributed by atoms with E-state index in [1.807, 2.05) is 36.4 Å². The molecule has 4 aromatic rings. The number of H-pyrrole nitrogens is 1. The molecule has 0 aliphatic rings. The number of hydrogen-bond acceptors (Lipinski definition) is 7. The lowest BCUT2D eigenvalue weighted by Crippen LogP contribution is -2.19. The quantitative estimate of drug-likeness (QED) is 0.122. The number of imidazole rings is 1. The number of aromatic nitrogens is 2. The third kappa shape index (κ3) is 5.53. The van der Waals surface area contributed by atoms with E-state index in [1.54, 1.807) is 44.2 Å². The molecule has 0 unspecified atom stereocenters. The van der Waals surface area contributed by atoms with Crippen LogP contribution in [0.25, 0.3) is 22.2 Å². The molecule has 3 N–H and O–H groups in total. The first-order valence-electron chi connectivity index (χ1n) is 11.7. The summed E-state index contributed by atoms with van der Waals surface area (Å²) in [4.78, 5) is 44.1. The van der Waals surface area contributed by atoms with Crippen LogP contribution in [0.3, 0.4) is 0 Å². The number of nitrogens with zero attached hydrogens (tertiary/aromatic N) is 2. The summed E-state index contributed by atoms with van der Waals surface area (Å²) in [6.45, 7) is 4.02. The Morgan fingerprint density at radius 3 is 2.35 bits per heavy atom. The van der Waals surface area contributed by atoms with E-state index in [1.165, 1.54) is 4.57 Å². The Labute approximate surface area is 212 Å². The summed E-state index contributed by atoms with van der Waals surface area (Å²) in [5.74, 6) is -0.469. The number of nitrogens with two attached hydrogens (primary N) is 1. The summed E-state index contributed by atoms with van der Waals surface area (Å²) in [6, 6.07) is 19.9. The van der Waals surface area contributed by atoms with Crippen molar-refractivity contribution in [2.24, 2.45) is 10.9 Å². The summed E-state index contributed by atoms with van der Waals surface area (Å²) >= 11 is 0. The van der Waals surface area contributed by atoms with Gasteiger partial charge in [0.05, 0.1) is 36.4 Å². The summed E-state index contributed by atoms with van der Waals surface area (Å²) in [5, 5.41) is 3.68. The van der Waals surface area contributed by atoms with Crippen molar-refractivity contribution in [1.82, 2.24) is 9.55 Å². The zero-order chi connectivity index (χ0) is 26.4. The van der Waals surface area contributed by atoms with Crippen LogP contribution in [0.1, 0.15) is 35.3 Å². The van der Waals surface area contributed by atoms with Crippen molar-refractivity contribution in [3.05, 3.63) is 93.9 Å². The predicted molar refractivity (Wildman–Crippen MR) is 138 cm³/mol. The van der Waals surface area contributed by atoms with Gasteiger partial charge in [0.2, 0.25) is 0 Å². The molecule has 0 radical (unpaired) electrons. The average molecular weight is 503 g/mol. The zero-order valence-corrected chi connectivity index (χ0v) is 20.4. The third-order valence-corrected chi connectivity index (χ3v) is 5.58. The highest BCUT2D eigenvalue weighted by Gasteiger charge is 2.17. The number of carbonyl (C=O) groups excluding carboxylic acids is 2. The Morgan fingerprint density at radius 2 is 1.62 bits per heavy atom. The van der Waals surface area contributed by atoms with Crippen LogP contribution in [0.4, 0.5) is 4.79 Å². The molecule has 0 amide bonds. The van der Waals surface area contributed by atoms with E-state index in [0.29, 0.717) is 22.2 Å². The minimum Gasteiger partial charge on any atom is -0.462 e. The van der Waals surface area contributed by atoms with Crippen LogP contribution in [0.5, 0.6) is 0 Å². The first-order chi connectivity index (χ1) is 17.9. The van der Waals surface area contributed by atoms with Gasteiger partial charge in [-0.2, -0.15) is 0 Å². The molecule has 0 saturated carbocycles. The Bertz CT molecular complexity index is 1520. The van der Waals surface area contributed by atoms with Gasteiger partial charge in [-0.25, -0.2) is 14.4 Å². The van der Waals surface area contributed by atoms with Gasteiger partial charge in [0.15, 0.2) is 5.84 Å². The number of esters is 1. The van der Waals surface area contributed by atoms with Crippen LogP contribution in [0.15, 0.2) is 76.7 Å². The normalized spacial score (nSPS) is 11.4. The highest BCUT2D eigenvalue weighted by Crippen LogP contribution is 2.25. The lowest BCUT2D eigenvalue weighted by Gasteiger charge is -2.11. The maximum absolute atomic E-state index is 12.7. The fourth-order valence-corrected chi connectivity index (χ4v) is 3.95. The maximum atomic E-state index is 12.7. The summed E-state index contributed by atoms with van der Waals surface area (Å²) in [6.07, 6.45) is -0.939. The van der Waals surface area contributed by atoms with Gasteiger partial charge < -0.3 is 20.2 Å². The lowest BCUT2D eigenvalue weighted by molar-refractivity contribution is 0.0527. The van der Waals surface area contributed by atoms with Crippen LogP contribution in [-0.2, 0) is 20.9 Å². The minimum atomic E-state index is -0.939. The molecule has 0 spiro atoms. The number of carbonyl (C=O) groups is 2. The van der Waals surface area contributed by atoms with Gasteiger partial charge in [0.25, 0.3) is 0 Å². The van der Waals surface area contributed by atoms with Crippen molar-refractivity contribution in [2.75, 3.05) is 13.2 Å². The molecular weight excluding hydrogens is 476 g/mol. The van der Waals surface area contributed by atoms with E-state index < -0.39 is 12.1 Å². The molecule has 0 fully saturated rings. The molecule has 10 nitrogen and oxygen atoms in total. The lowest BCUT2D eigenvalue weighted by atomic mass is 9.98. The van der Waals surface area contributed by atoms with Gasteiger partial charge in [-0.15, -0.1) is 0 Å².